The third-order valence-electron chi connectivity index (χ3n) is 5.13. The number of rotatable bonds is 1. The summed E-state index contributed by atoms with van der Waals surface area (Å²) in [5.74, 6) is 0.322. The van der Waals surface area contributed by atoms with Crippen molar-refractivity contribution in [3.8, 4) is 0 Å². The molecule has 1 saturated carbocycles. The van der Waals surface area contributed by atoms with Crippen LogP contribution >= 0.6 is 11.6 Å². The Labute approximate surface area is 130 Å². The number of amides is 1. The highest BCUT2D eigenvalue weighted by atomic mass is 35.5. The maximum Gasteiger partial charge on any atom is 0.255 e. The van der Waals surface area contributed by atoms with Gasteiger partial charge in [0.05, 0.1) is 10.6 Å². The number of nitrogen functional groups attached to an aromatic ring is 1. The number of halogens is 1. The Morgan fingerprint density at radius 2 is 1.86 bits per heavy atom. The van der Waals surface area contributed by atoms with Gasteiger partial charge in [0.15, 0.2) is 0 Å². The first-order valence-corrected chi connectivity index (χ1v) is 8.18. The molecule has 114 valence electrons. The fourth-order valence-electron chi connectivity index (χ4n) is 3.78. The molecule has 5 heteroatoms. The van der Waals surface area contributed by atoms with Crippen molar-refractivity contribution in [2.24, 2.45) is 5.41 Å². The zero-order chi connectivity index (χ0) is 14.9. The van der Waals surface area contributed by atoms with E-state index in [-0.39, 0.29) is 5.91 Å². The van der Waals surface area contributed by atoms with Gasteiger partial charge in [0, 0.05) is 19.3 Å². The van der Waals surface area contributed by atoms with E-state index in [2.05, 4.69) is 4.98 Å². The van der Waals surface area contributed by atoms with E-state index >= 15 is 0 Å². The second-order valence-electron chi connectivity index (χ2n) is 6.44. The predicted octanol–water partition coefficient (Wildman–Crippen LogP) is 3.50. The van der Waals surface area contributed by atoms with Crippen LogP contribution in [0.15, 0.2) is 12.3 Å². The van der Waals surface area contributed by atoms with Crippen LogP contribution in [0.3, 0.4) is 0 Å². The smallest absolute Gasteiger partial charge is 0.255 e. The average Bonchev–Trinajstić information content (AvgIpc) is 2.51. The second kappa shape index (κ2) is 5.84. The maximum absolute atomic E-state index is 12.6. The van der Waals surface area contributed by atoms with Crippen LogP contribution in [0.4, 0.5) is 5.82 Å². The standard InChI is InChI=1S/C16H22ClN3O/c17-13-11-19-14(18)10-12(13)15(21)20-8-6-16(7-9-20)4-2-1-3-5-16/h10-11H,1-9H2,(H2,18,19). The van der Waals surface area contributed by atoms with Crippen molar-refractivity contribution in [2.45, 2.75) is 44.9 Å². The van der Waals surface area contributed by atoms with Gasteiger partial charge in [-0.1, -0.05) is 30.9 Å². The molecule has 1 saturated heterocycles. The van der Waals surface area contributed by atoms with Gasteiger partial charge in [-0.05, 0) is 37.2 Å². The molecule has 2 heterocycles. The number of nitrogens with zero attached hydrogens (tertiary/aromatic N) is 2. The topological polar surface area (TPSA) is 59.2 Å². The Hall–Kier alpha value is -1.29. The van der Waals surface area contributed by atoms with Gasteiger partial charge in [-0.3, -0.25) is 4.79 Å². The number of carbonyl (C=O) groups is 1. The number of pyridine rings is 1. The van der Waals surface area contributed by atoms with Gasteiger partial charge < -0.3 is 10.6 Å². The number of nitrogens with two attached hydrogens (primary N) is 1. The lowest BCUT2D eigenvalue weighted by Crippen LogP contribution is -2.44. The van der Waals surface area contributed by atoms with Crippen molar-refractivity contribution in [2.75, 3.05) is 18.8 Å². The monoisotopic (exact) mass is 307 g/mol. The van der Waals surface area contributed by atoms with Crippen LogP contribution in [0.25, 0.3) is 0 Å². The molecule has 1 aromatic heterocycles. The number of likely N-dealkylation sites (tertiary alicyclic amines) is 1. The van der Waals surface area contributed by atoms with Gasteiger partial charge in [-0.15, -0.1) is 0 Å². The molecule has 21 heavy (non-hydrogen) atoms. The minimum absolute atomic E-state index is 0.0141. The predicted molar refractivity (Wildman–Crippen MR) is 84.3 cm³/mol. The number of carbonyl (C=O) groups excluding carboxylic acids is 1. The Morgan fingerprint density at radius 3 is 2.52 bits per heavy atom. The summed E-state index contributed by atoms with van der Waals surface area (Å²) in [6, 6.07) is 1.58. The van der Waals surface area contributed by atoms with Crippen molar-refractivity contribution < 1.29 is 4.79 Å². The van der Waals surface area contributed by atoms with Crippen molar-refractivity contribution in [3.63, 3.8) is 0 Å². The fraction of sp³-hybridized carbons (Fsp3) is 0.625. The Bertz CT molecular complexity index is 530. The van der Waals surface area contributed by atoms with E-state index in [0.717, 1.165) is 25.9 Å². The van der Waals surface area contributed by atoms with E-state index < -0.39 is 0 Å². The van der Waals surface area contributed by atoms with Gasteiger partial charge in [-0.2, -0.15) is 0 Å². The third-order valence-corrected chi connectivity index (χ3v) is 5.43. The first-order chi connectivity index (χ1) is 10.1. The Kier molecular flexibility index (Phi) is 4.07. The van der Waals surface area contributed by atoms with Crippen LogP contribution in [0.5, 0.6) is 0 Å². The van der Waals surface area contributed by atoms with E-state index in [0.29, 0.717) is 21.8 Å². The summed E-state index contributed by atoms with van der Waals surface area (Å²) in [4.78, 5) is 18.4. The second-order valence-corrected chi connectivity index (χ2v) is 6.85. The van der Waals surface area contributed by atoms with Crippen LogP contribution in [0.1, 0.15) is 55.3 Å². The molecule has 0 aromatic carbocycles. The molecule has 1 aliphatic heterocycles. The summed E-state index contributed by atoms with van der Waals surface area (Å²) in [6.07, 6.45) is 10.4. The molecular weight excluding hydrogens is 286 g/mol. The zero-order valence-electron chi connectivity index (χ0n) is 12.3. The van der Waals surface area contributed by atoms with Crippen LogP contribution in [-0.4, -0.2) is 28.9 Å². The molecule has 2 fully saturated rings. The van der Waals surface area contributed by atoms with Crippen molar-refractivity contribution >= 4 is 23.3 Å². The highest BCUT2D eigenvalue weighted by Gasteiger charge is 2.37. The quantitative estimate of drug-likeness (QED) is 0.863. The van der Waals surface area contributed by atoms with E-state index in [1.165, 1.54) is 38.3 Å². The summed E-state index contributed by atoms with van der Waals surface area (Å²) in [6.45, 7) is 1.66. The van der Waals surface area contributed by atoms with E-state index in [1.807, 2.05) is 4.90 Å². The normalized spacial score (nSPS) is 21.5. The number of piperidine rings is 1. The third kappa shape index (κ3) is 3.00. The lowest BCUT2D eigenvalue weighted by molar-refractivity contribution is 0.0472. The minimum atomic E-state index is -0.0141. The van der Waals surface area contributed by atoms with Gasteiger partial charge in [0.1, 0.15) is 5.82 Å². The Morgan fingerprint density at radius 1 is 1.19 bits per heavy atom. The molecule has 1 spiro atoms. The van der Waals surface area contributed by atoms with E-state index in [9.17, 15) is 4.79 Å². The van der Waals surface area contributed by atoms with Crippen LogP contribution in [-0.2, 0) is 0 Å². The van der Waals surface area contributed by atoms with Gasteiger partial charge >= 0.3 is 0 Å². The lowest BCUT2D eigenvalue weighted by atomic mass is 9.68. The van der Waals surface area contributed by atoms with E-state index in [1.54, 1.807) is 6.07 Å². The molecule has 3 rings (SSSR count). The molecule has 0 atom stereocenters. The Balaban J connectivity index is 1.69. The summed E-state index contributed by atoms with van der Waals surface area (Å²) in [5.41, 5.74) is 6.64. The molecular formula is C16H22ClN3O. The highest BCUT2D eigenvalue weighted by Crippen LogP contribution is 2.44. The van der Waals surface area contributed by atoms with Crippen LogP contribution in [0.2, 0.25) is 5.02 Å². The molecule has 0 unspecified atom stereocenters. The number of hydrogen-bond acceptors (Lipinski definition) is 3. The molecule has 2 N–H and O–H groups in total. The summed E-state index contributed by atoms with van der Waals surface area (Å²) in [5, 5.41) is 0.382. The van der Waals surface area contributed by atoms with Crippen molar-refractivity contribution in [1.82, 2.24) is 9.88 Å². The molecule has 1 aliphatic carbocycles. The first kappa shape index (κ1) is 14.6. The summed E-state index contributed by atoms with van der Waals surface area (Å²) < 4.78 is 0. The zero-order valence-corrected chi connectivity index (χ0v) is 13.0. The van der Waals surface area contributed by atoms with Gasteiger partial charge in [-0.25, -0.2) is 4.98 Å². The lowest BCUT2D eigenvalue weighted by Gasteiger charge is -2.44. The SMILES string of the molecule is Nc1cc(C(=O)N2CCC3(CCCCC3)CC2)c(Cl)cn1. The van der Waals surface area contributed by atoms with Crippen molar-refractivity contribution in [1.29, 1.82) is 0 Å². The maximum atomic E-state index is 12.6. The largest absolute Gasteiger partial charge is 0.384 e. The van der Waals surface area contributed by atoms with Crippen LogP contribution in [0, 0.1) is 5.41 Å². The fourth-order valence-corrected chi connectivity index (χ4v) is 3.96. The molecule has 0 radical (unpaired) electrons. The summed E-state index contributed by atoms with van der Waals surface area (Å²) >= 11 is 6.09. The summed E-state index contributed by atoms with van der Waals surface area (Å²) in [7, 11) is 0. The molecule has 1 amide bonds. The number of hydrogen-bond donors (Lipinski definition) is 1. The van der Waals surface area contributed by atoms with Gasteiger partial charge in [0.2, 0.25) is 0 Å². The highest BCUT2D eigenvalue weighted by molar-refractivity contribution is 6.33. The van der Waals surface area contributed by atoms with Crippen LogP contribution < -0.4 is 5.73 Å². The number of anilines is 1. The van der Waals surface area contributed by atoms with Crippen molar-refractivity contribution in [3.05, 3.63) is 22.8 Å². The van der Waals surface area contributed by atoms with Gasteiger partial charge in [0.25, 0.3) is 5.91 Å². The molecule has 2 aliphatic rings. The number of aromatic nitrogens is 1. The first-order valence-electron chi connectivity index (χ1n) is 7.80. The molecule has 4 nitrogen and oxygen atoms in total. The average molecular weight is 308 g/mol. The minimum Gasteiger partial charge on any atom is -0.384 e. The van der Waals surface area contributed by atoms with E-state index in [4.69, 9.17) is 17.3 Å². The molecule has 0 bridgehead atoms. The molecule has 1 aromatic rings.